The van der Waals surface area contributed by atoms with Crippen molar-refractivity contribution in [3.8, 4) is 0 Å². The number of carbonyl (C=O) groups is 1. The first-order chi connectivity index (χ1) is 7.15. The molecule has 1 rings (SSSR count). The van der Waals surface area contributed by atoms with Gasteiger partial charge in [-0.1, -0.05) is 11.6 Å². The molecule has 0 fully saturated rings. The number of methoxy groups -OCH3 is 1. The van der Waals surface area contributed by atoms with Crippen molar-refractivity contribution in [1.82, 2.24) is 4.98 Å². The summed E-state index contributed by atoms with van der Waals surface area (Å²) in [5.74, 6) is -0.424. The maximum absolute atomic E-state index is 11.5. The fourth-order valence-corrected chi connectivity index (χ4v) is 2.04. The third kappa shape index (κ3) is 3.77. The zero-order chi connectivity index (χ0) is 11.3. The van der Waals surface area contributed by atoms with Gasteiger partial charge in [-0.25, -0.2) is 9.78 Å². The number of aromatic nitrogens is 1. The second-order valence-corrected chi connectivity index (χ2v) is 4.64. The highest BCUT2D eigenvalue weighted by Crippen LogP contribution is 2.22. The Morgan fingerprint density at radius 1 is 1.53 bits per heavy atom. The van der Waals surface area contributed by atoms with Crippen LogP contribution in [0.5, 0.6) is 0 Å². The molecule has 0 saturated carbocycles. The van der Waals surface area contributed by atoms with Gasteiger partial charge in [0.2, 0.25) is 0 Å². The van der Waals surface area contributed by atoms with Crippen LogP contribution in [0, 0.1) is 6.92 Å². The number of halogens is 1. The zero-order valence-corrected chi connectivity index (χ0v) is 10.2. The lowest BCUT2D eigenvalue weighted by atomic mass is 10.4. The summed E-state index contributed by atoms with van der Waals surface area (Å²) in [6.45, 7) is 2.70. The highest BCUT2D eigenvalue weighted by Gasteiger charge is 2.15. The molecule has 0 aliphatic carbocycles. The van der Waals surface area contributed by atoms with Crippen LogP contribution in [0.3, 0.4) is 0 Å². The van der Waals surface area contributed by atoms with Crippen LogP contribution < -0.4 is 0 Å². The number of aryl methyl sites for hydroxylation is 1. The number of nitrogens with zero attached hydrogens (tertiary/aromatic N) is 1. The summed E-state index contributed by atoms with van der Waals surface area (Å²) in [5, 5.41) is 0. The molecule has 0 saturated heterocycles. The number of ether oxygens (including phenoxy) is 2. The predicted octanol–water partition coefficient (Wildman–Crippen LogP) is 2.30. The molecule has 0 bridgehead atoms. The van der Waals surface area contributed by atoms with Gasteiger partial charge in [0.1, 0.15) is 0 Å². The number of hydrogen-bond donors (Lipinski definition) is 0. The van der Waals surface area contributed by atoms with Gasteiger partial charge >= 0.3 is 5.97 Å². The highest BCUT2D eigenvalue weighted by molar-refractivity contribution is 7.15. The van der Waals surface area contributed by atoms with Crippen molar-refractivity contribution < 1.29 is 14.3 Å². The first-order valence-corrected chi connectivity index (χ1v) is 5.63. The third-order valence-electron chi connectivity index (χ3n) is 1.69. The van der Waals surface area contributed by atoms with Gasteiger partial charge < -0.3 is 9.47 Å². The predicted molar refractivity (Wildman–Crippen MR) is 58.6 cm³/mol. The van der Waals surface area contributed by atoms with Crippen LogP contribution in [0.15, 0.2) is 0 Å². The average Bonchev–Trinajstić information content (AvgIpc) is 2.52. The molecule has 0 aromatic carbocycles. The molecule has 15 heavy (non-hydrogen) atoms. The van der Waals surface area contributed by atoms with Crippen LogP contribution in [-0.4, -0.2) is 31.3 Å². The Bertz CT molecular complexity index is 340. The quantitative estimate of drug-likeness (QED) is 0.594. The summed E-state index contributed by atoms with van der Waals surface area (Å²) in [6, 6.07) is 0. The Morgan fingerprint density at radius 2 is 2.27 bits per heavy atom. The maximum atomic E-state index is 11.5. The summed E-state index contributed by atoms with van der Waals surface area (Å²) >= 11 is 6.94. The summed E-state index contributed by atoms with van der Waals surface area (Å²) in [5.41, 5.74) is 0.308. The van der Waals surface area contributed by atoms with Gasteiger partial charge in [0.25, 0.3) is 0 Å². The van der Waals surface area contributed by atoms with Gasteiger partial charge in [-0.3, -0.25) is 0 Å². The van der Waals surface area contributed by atoms with Crippen molar-refractivity contribution in [2.24, 2.45) is 0 Å². The lowest BCUT2D eigenvalue weighted by Crippen LogP contribution is -2.09. The molecule has 0 aliphatic heterocycles. The number of thiazole rings is 1. The van der Waals surface area contributed by atoms with Crippen LogP contribution in [0.25, 0.3) is 0 Å². The summed E-state index contributed by atoms with van der Waals surface area (Å²) in [7, 11) is 1.60. The summed E-state index contributed by atoms with van der Waals surface area (Å²) in [4.78, 5) is 16.1. The van der Waals surface area contributed by atoms with E-state index >= 15 is 0 Å². The van der Waals surface area contributed by atoms with Gasteiger partial charge in [-0.2, -0.15) is 0 Å². The van der Waals surface area contributed by atoms with E-state index in [1.54, 1.807) is 14.0 Å². The van der Waals surface area contributed by atoms with E-state index in [1.165, 1.54) is 11.3 Å². The molecule has 84 valence electrons. The smallest absolute Gasteiger partial charge is 0.358 e. The zero-order valence-electron chi connectivity index (χ0n) is 8.58. The van der Waals surface area contributed by atoms with Crippen molar-refractivity contribution in [3.05, 3.63) is 15.0 Å². The Morgan fingerprint density at radius 3 is 2.80 bits per heavy atom. The third-order valence-corrected chi connectivity index (χ3v) is 2.77. The van der Waals surface area contributed by atoms with Crippen LogP contribution in [0.1, 0.15) is 21.8 Å². The summed E-state index contributed by atoms with van der Waals surface area (Å²) < 4.78 is 10.2. The molecule has 0 atom stereocenters. The van der Waals surface area contributed by atoms with Crippen molar-refractivity contribution in [2.45, 2.75) is 13.3 Å². The molecule has 1 aromatic heterocycles. The largest absolute Gasteiger partial charge is 0.461 e. The van der Waals surface area contributed by atoms with Crippen molar-refractivity contribution in [1.29, 1.82) is 0 Å². The fourth-order valence-electron chi connectivity index (χ4n) is 0.990. The van der Waals surface area contributed by atoms with Crippen molar-refractivity contribution in [2.75, 3.05) is 20.3 Å². The molecular formula is C9H12ClNO3S. The molecule has 0 spiro atoms. The van der Waals surface area contributed by atoms with Crippen LogP contribution in [-0.2, 0) is 9.47 Å². The van der Waals surface area contributed by atoms with Crippen molar-refractivity contribution in [3.63, 3.8) is 0 Å². The minimum absolute atomic E-state index is 0.308. The van der Waals surface area contributed by atoms with Gasteiger partial charge in [-0.15, -0.1) is 11.3 Å². The number of rotatable bonds is 5. The van der Waals surface area contributed by atoms with E-state index in [9.17, 15) is 4.79 Å². The second-order valence-electron chi connectivity index (χ2n) is 2.85. The molecule has 0 unspecified atom stereocenters. The standard InChI is InChI=1S/C9H12ClNO3S/c1-6-7(11-9(10)15-6)8(12)14-5-3-4-13-2/h3-5H2,1-2H3. The minimum atomic E-state index is -0.424. The van der Waals surface area contributed by atoms with Gasteiger partial charge in [0, 0.05) is 25.0 Å². The van der Waals surface area contributed by atoms with E-state index in [2.05, 4.69) is 4.98 Å². The topological polar surface area (TPSA) is 48.4 Å². The molecule has 0 aliphatic rings. The molecule has 4 nitrogen and oxygen atoms in total. The highest BCUT2D eigenvalue weighted by atomic mass is 35.5. The van der Waals surface area contributed by atoms with Gasteiger partial charge in [-0.05, 0) is 6.92 Å². The molecule has 0 radical (unpaired) electrons. The van der Waals surface area contributed by atoms with E-state index < -0.39 is 5.97 Å². The van der Waals surface area contributed by atoms with Crippen LogP contribution in [0.2, 0.25) is 4.47 Å². The number of carbonyl (C=O) groups excluding carboxylic acids is 1. The maximum Gasteiger partial charge on any atom is 0.358 e. The molecular weight excluding hydrogens is 238 g/mol. The van der Waals surface area contributed by atoms with E-state index in [4.69, 9.17) is 21.1 Å². The van der Waals surface area contributed by atoms with Gasteiger partial charge in [0.05, 0.1) is 6.61 Å². The molecule has 1 heterocycles. The van der Waals surface area contributed by atoms with E-state index in [0.29, 0.717) is 29.8 Å². The Labute approximate surface area is 97.2 Å². The first kappa shape index (κ1) is 12.4. The Hall–Kier alpha value is -0.650. The molecule has 1 aromatic rings. The number of hydrogen-bond acceptors (Lipinski definition) is 5. The molecule has 0 amide bonds. The fraction of sp³-hybridized carbons (Fsp3) is 0.556. The minimum Gasteiger partial charge on any atom is -0.461 e. The van der Waals surface area contributed by atoms with Gasteiger partial charge in [0.15, 0.2) is 10.2 Å². The molecule has 6 heteroatoms. The van der Waals surface area contributed by atoms with E-state index in [-0.39, 0.29) is 0 Å². The molecule has 0 N–H and O–H groups in total. The number of esters is 1. The summed E-state index contributed by atoms with van der Waals surface area (Å²) in [6.07, 6.45) is 0.680. The second kappa shape index (κ2) is 6.05. The van der Waals surface area contributed by atoms with Crippen molar-refractivity contribution >= 4 is 28.9 Å². The Kier molecular flexibility index (Phi) is 5.01. The lowest BCUT2D eigenvalue weighted by molar-refractivity contribution is 0.0462. The monoisotopic (exact) mass is 249 g/mol. The van der Waals surface area contributed by atoms with Crippen LogP contribution in [0.4, 0.5) is 0 Å². The van der Waals surface area contributed by atoms with E-state index in [1.807, 2.05) is 0 Å². The van der Waals surface area contributed by atoms with Crippen LogP contribution >= 0.6 is 22.9 Å². The Balaban J connectivity index is 2.43. The normalized spacial score (nSPS) is 10.3. The lowest BCUT2D eigenvalue weighted by Gasteiger charge is -2.02. The SMILES string of the molecule is COCCCOC(=O)c1nc(Cl)sc1C. The first-order valence-electron chi connectivity index (χ1n) is 4.44. The van der Waals surface area contributed by atoms with E-state index in [0.717, 1.165) is 4.88 Å². The average molecular weight is 250 g/mol.